The van der Waals surface area contributed by atoms with Gasteiger partial charge in [0.05, 0.1) is 17.5 Å². The molecule has 11 heteroatoms. The molecule has 1 aliphatic heterocycles. The zero-order valence-electron chi connectivity index (χ0n) is 24.7. The van der Waals surface area contributed by atoms with Gasteiger partial charge >= 0.3 is 0 Å². The molecule has 43 heavy (non-hydrogen) atoms. The molecule has 2 aromatic carbocycles. The maximum atomic E-state index is 13.1. The lowest BCUT2D eigenvalue weighted by Crippen LogP contribution is -2.24. The van der Waals surface area contributed by atoms with Crippen LogP contribution >= 0.6 is 0 Å². The van der Waals surface area contributed by atoms with Crippen molar-refractivity contribution in [3.8, 4) is 16.8 Å². The number of amides is 1. The molecule has 0 fully saturated rings. The predicted octanol–water partition coefficient (Wildman–Crippen LogP) is 5.49. The highest BCUT2D eigenvalue weighted by Crippen LogP contribution is 2.37. The van der Waals surface area contributed by atoms with E-state index in [4.69, 9.17) is 0 Å². The zero-order chi connectivity index (χ0) is 30.7. The van der Waals surface area contributed by atoms with Crippen molar-refractivity contribution < 1.29 is 18.4 Å². The monoisotopic (exact) mass is 599 g/mol. The molecule has 10 nitrogen and oxygen atoms in total. The van der Waals surface area contributed by atoms with Crippen LogP contribution in [0.1, 0.15) is 59.6 Å². The second-order valence-corrected chi connectivity index (χ2v) is 11.2. The van der Waals surface area contributed by atoms with Crippen molar-refractivity contribution in [2.24, 2.45) is 0 Å². The summed E-state index contributed by atoms with van der Waals surface area (Å²) in [5.74, 6) is -0.0841. The molecule has 0 bridgehead atoms. The number of nitrogens with zero attached hydrogens (tertiary/aromatic N) is 3. The fraction of sp³-hybridized carbons (Fsp3) is 0.281. The molecule has 224 valence electrons. The molecular weight excluding hydrogens is 564 g/mol. The molecule has 0 aliphatic carbocycles. The maximum absolute atomic E-state index is 13.1. The first-order valence-corrected chi connectivity index (χ1v) is 15.4. The second-order valence-electron chi connectivity index (χ2n) is 10.5. The van der Waals surface area contributed by atoms with Gasteiger partial charge in [-0.1, -0.05) is 19.9 Å². The molecule has 0 saturated heterocycles. The summed E-state index contributed by atoms with van der Waals surface area (Å²) in [6.07, 6.45) is 6.73. The molecular formula is C32H35N6O4S-. The highest BCUT2D eigenvalue weighted by atomic mass is 32.2. The van der Waals surface area contributed by atoms with Gasteiger partial charge in [0.1, 0.15) is 0 Å². The minimum Gasteiger partial charge on any atom is -0.755 e. The first kappa shape index (κ1) is 30.1. The highest BCUT2D eigenvalue weighted by molar-refractivity contribution is 7.80. The molecule has 2 aromatic heterocycles. The Morgan fingerprint density at radius 1 is 1.12 bits per heavy atom. The van der Waals surface area contributed by atoms with E-state index in [1.165, 1.54) is 0 Å². The van der Waals surface area contributed by atoms with Crippen LogP contribution in [0.2, 0.25) is 0 Å². The van der Waals surface area contributed by atoms with E-state index in [1.807, 2.05) is 44.3 Å². The Kier molecular flexibility index (Phi) is 9.05. The highest BCUT2D eigenvalue weighted by Gasteiger charge is 2.26. The van der Waals surface area contributed by atoms with E-state index in [2.05, 4.69) is 38.9 Å². The first-order chi connectivity index (χ1) is 20.7. The molecule has 0 radical (unpaired) electrons. The number of rotatable bonds is 12. The van der Waals surface area contributed by atoms with E-state index < -0.39 is 11.3 Å². The molecule has 5 rings (SSSR count). The quantitative estimate of drug-likeness (QED) is 0.112. The van der Waals surface area contributed by atoms with Crippen LogP contribution in [0.5, 0.6) is 0 Å². The number of ketones is 1. The Morgan fingerprint density at radius 2 is 1.86 bits per heavy atom. The number of nitrogens with one attached hydrogen (secondary N) is 3. The van der Waals surface area contributed by atoms with E-state index in [1.54, 1.807) is 35.1 Å². The summed E-state index contributed by atoms with van der Waals surface area (Å²) in [5.41, 5.74) is 8.09. The fourth-order valence-corrected chi connectivity index (χ4v) is 5.84. The molecule has 0 spiro atoms. The van der Waals surface area contributed by atoms with E-state index in [9.17, 15) is 18.4 Å². The normalized spacial score (nSPS) is 14.3. The molecule has 3 heterocycles. The third-order valence-corrected chi connectivity index (χ3v) is 8.27. The largest absolute Gasteiger partial charge is 0.755 e. The summed E-state index contributed by atoms with van der Waals surface area (Å²) in [5, 5.41) is 7.41. The molecule has 0 saturated carbocycles. The van der Waals surface area contributed by atoms with Gasteiger partial charge in [-0.25, -0.2) is 4.68 Å². The van der Waals surface area contributed by atoms with Crippen LogP contribution in [0.25, 0.3) is 28.5 Å². The van der Waals surface area contributed by atoms with Gasteiger partial charge in [0.2, 0.25) is 0 Å². The lowest BCUT2D eigenvalue weighted by atomic mass is 9.98. The van der Waals surface area contributed by atoms with Crippen molar-refractivity contribution in [1.29, 1.82) is 0 Å². The maximum Gasteiger partial charge on any atom is 0.256 e. The number of aryl methyl sites for hydroxylation is 1. The van der Waals surface area contributed by atoms with Crippen molar-refractivity contribution in [3.63, 3.8) is 0 Å². The van der Waals surface area contributed by atoms with E-state index in [-0.39, 0.29) is 11.7 Å². The van der Waals surface area contributed by atoms with Gasteiger partial charge in [0.15, 0.2) is 5.78 Å². The van der Waals surface area contributed by atoms with Gasteiger partial charge in [-0.05, 0) is 93.5 Å². The number of H-pyrrole nitrogens is 1. The summed E-state index contributed by atoms with van der Waals surface area (Å²) < 4.78 is 25.8. The Hall–Kier alpha value is -4.32. The Bertz CT molecular complexity index is 1720. The van der Waals surface area contributed by atoms with Gasteiger partial charge in [-0.3, -0.25) is 13.8 Å². The van der Waals surface area contributed by atoms with Crippen molar-refractivity contribution in [2.45, 2.75) is 40.5 Å². The Labute approximate surface area is 253 Å². The number of hydrogen-bond acceptors (Lipinski definition) is 6. The number of fused-ring (bicyclic) bond motifs is 1. The van der Waals surface area contributed by atoms with Crippen molar-refractivity contribution >= 4 is 46.0 Å². The predicted molar refractivity (Wildman–Crippen MR) is 170 cm³/mol. The minimum atomic E-state index is -2.39. The molecule has 1 amide bonds. The van der Waals surface area contributed by atoms with Crippen molar-refractivity contribution in [1.82, 2.24) is 19.7 Å². The topological polar surface area (TPSA) is 135 Å². The average molecular weight is 600 g/mol. The lowest BCUT2D eigenvalue weighted by Gasteiger charge is -2.17. The number of Topliss-reactive ketones (excluding diaryl/α,β-unsaturated/α-hetero) is 1. The summed E-state index contributed by atoms with van der Waals surface area (Å²) in [6, 6.07) is 12.6. The average Bonchev–Trinajstić information content (AvgIpc) is 3.67. The van der Waals surface area contributed by atoms with Crippen molar-refractivity contribution in [2.75, 3.05) is 29.7 Å². The smallest absolute Gasteiger partial charge is 0.256 e. The molecule has 4 aromatic rings. The van der Waals surface area contributed by atoms with E-state index in [0.717, 1.165) is 71.1 Å². The van der Waals surface area contributed by atoms with Gasteiger partial charge in [0.25, 0.3) is 5.91 Å². The Balaban J connectivity index is 1.38. The third kappa shape index (κ3) is 6.53. The molecule has 3 N–H and O–H groups in total. The van der Waals surface area contributed by atoms with Crippen molar-refractivity contribution in [3.05, 3.63) is 82.9 Å². The standard InChI is InChI=1S/C32H36N6O4S/c1-5-37(6-2)15-7-8-30(39)31-20(3)29(34-21(31)4)17-27-26-16-22(9-14-28(26)35-32(27)40)23-18-33-38(19-23)25-12-10-24(11-13-25)36-43(41)42/h9-14,16-19,34,36H,5-8,15H2,1-4H3,(H,35,40)(H,41,42)/p-1/b27-17-. The summed E-state index contributed by atoms with van der Waals surface area (Å²) in [4.78, 5) is 31.8. The van der Waals surface area contributed by atoms with E-state index in [0.29, 0.717) is 23.2 Å². The van der Waals surface area contributed by atoms with Crippen LogP contribution in [0.3, 0.4) is 0 Å². The van der Waals surface area contributed by atoms with Crippen LogP contribution in [-0.4, -0.2) is 59.8 Å². The van der Waals surface area contributed by atoms with E-state index >= 15 is 0 Å². The summed E-state index contributed by atoms with van der Waals surface area (Å²) in [7, 11) is 0. The van der Waals surface area contributed by atoms with Crippen LogP contribution in [-0.2, 0) is 16.1 Å². The number of carbonyl (C=O) groups is 2. The van der Waals surface area contributed by atoms with Crippen LogP contribution in [0, 0.1) is 13.8 Å². The molecule has 1 atom stereocenters. The van der Waals surface area contributed by atoms with Gasteiger partial charge in [0, 0.05) is 63.3 Å². The number of aromatic amines is 1. The molecule has 1 unspecified atom stereocenters. The number of aromatic nitrogens is 3. The second kappa shape index (κ2) is 12.9. The first-order valence-electron chi connectivity index (χ1n) is 14.3. The Morgan fingerprint density at radius 3 is 2.56 bits per heavy atom. The van der Waals surface area contributed by atoms with Gasteiger partial charge < -0.3 is 24.5 Å². The number of anilines is 2. The number of hydrogen-bond donors (Lipinski definition) is 3. The van der Waals surface area contributed by atoms with Crippen LogP contribution < -0.4 is 10.0 Å². The SMILES string of the molecule is CCN(CC)CCCC(=O)c1c(C)[nH]c(/C=C2\C(=O)Nc3ccc(-c4cnn(-c5ccc(NS(=O)[O-])cc5)c4)cc32)c1C. The minimum absolute atomic E-state index is 0.116. The molecule has 1 aliphatic rings. The van der Waals surface area contributed by atoms with Gasteiger partial charge in [-0.2, -0.15) is 5.10 Å². The fourth-order valence-electron chi connectivity index (χ4n) is 5.51. The lowest BCUT2D eigenvalue weighted by molar-refractivity contribution is -0.110. The van der Waals surface area contributed by atoms with Crippen LogP contribution in [0.4, 0.5) is 11.4 Å². The third-order valence-electron chi connectivity index (χ3n) is 7.87. The number of carbonyl (C=O) groups excluding carboxylic acids is 2. The van der Waals surface area contributed by atoms with Gasteiger partial charge in [-0.15, -0.1) is 0 Å². The zero-order valence-corrected chi connectivity index (χ0v) is 25.5. The number of benzene rings is 2. The van der Waals surface area contributed by atoms with Crippen LogP contribution in [0.15, 0.2) is 54.9 Å². The summed E-state index contributed by atoms with van der Waals surface area (Å²) >= 11 is -2.39. The summed E-state index contributed by atoms with van der Waals surface area (Å²) in [6.45, 7) is 10.9.